The van der Waals surface area contributed by atoms with Gasteiger partial charge in [0.05, 0.1) is 38.5 Å². The lowest BCUT2D eigenvalue weighted by molar-refractivity contribution is -0.124. The molecule has 3 aromatic rings. The van der Waals surface area contributed by atoms with E-state index in [4.69, 9.17) is 26.4 Å². The molecule has 1 atom stereocenters. The molecule has 3 aromatic carbocycles. The van der Waals surface area contributed by atoms with Crippen LogP contribution in [0.2, 0.25) is 0 Å². The highest BCUT2D eigenvalue weighted by molar-refractivity contribution is 7.80. The van der Waals surface area contributed by atoms with E-state index in [0.717, 1.165) is 0 Å². The first-order valence-corrected chi connectivity index (χ1v) is 13.0. The lowest BCUT2D eigenvalue weighted by Crippen LogP contribution is -2.49. The van der Waals surface area contributed by atoms with Gasteiger partial charge in [0.25, 0.3) is 11.8 Å². The fourth-order valence-electron chi connectivity index (χ4n) is 4.08. The minimum atomic E-state index is -1.13. The van der Waals surface area contributed by atoms with Crippen molar-refractivity contribution in [3.8, 4) is 11.5 Å². The number of methoxy groups -OCH3 is 2. The van der Waals surface area contributed by atoms with Crippen molar-refractivity contribution in [2.75, 3.05) is 31.0 Å². The predicted molar refractivity (Wildman–Crippen MR) is 155 cm³/mol. The zero-order valence-electron chi connectivity index (χ0n) is 22.6. The average Bonchev–Trinajstić information content (AvgIpc) is 3.21. The van der Waals surface area contributed by atoms with Gasteiger partial charge in [-0.1, -0.05) is 0 Å². The van der Waals surface area contributed by atoms with Crippen LogP contribution in [0.4, 0.5) is 11.4 Å². The van der Waals surface area contributed by atoms with Crippen molar-refractivity contribution in [3.63, 3.8) is 0 Å². The summed E-state index contributed by atoms with van der Waals surface area (Å²) in [4.78, 5) is 52.9. The van der Waals surface area contributed by atoms with E-state index in [9.17, 15) is 19.2 Å². The lowest BCUT2D eigenvalue weighted by Gasteiger charge is -2.24. The molecule has 0 spiro atoms. The number of thiocarbonyl (C=S) groups is 1. The van der Waals surface area contributed by atoms with E-state index < -0.39 is 29.7 Å². The van der Waals surface area contributed by atoms with E-state index in [-0.39, 0.29) is 18.1 Å². The van der Waals surface area contributed by atoms with Crippen LogP contribution in [-0.4, -0.2) is 60.7 Å². The van der Waals surface area contributed by atoms with E-state index in [1.165, 1.54) is 36.3 Å². The molecular weight excluding hydrogens is 548 g/mol. The van der Waals surface area contributed by atoms with Gasteiger partial charge in [0.1, 0.15) is 17.5 Å². The van der Waals surface area contributed by atoms with Crippen molar-refractivity contribution in [3.05, 3.63) is 83.9 Å². The molecule has 3 amide bonds. The standard InChI is InChI=1S/C29H28N4O7S/c1-4-40-28(37)19-5-9-20(10-6-19)30-25(34)17-24-27(36)32(21-11-15-23(39-3)16-12-21)29(41)33(24)31-26(35)18-7-13-22(38-2)14-8-18/h5-16,24H,4,17H2,1-3H3,(H,30,34)(H,31,35). The third kappa shape index (κ3) is 6.61. The monoisotopic (exact) mass is 576 g/mol. The molecule has 1 saturated heterocycles. The van der Waals surface area contributed by atoms with Crippen LogP contribution in [0.25, 0.3) is 0 Å². The Morgan fingerprint density at radius 3 is 1.98 bits per heavy atom. The summed E-state index contributed by atoms with van der Waals surface area (Å²) in [6, 6.07) is 18.1. The van der Waals surface area contributed by atoms with E-state index in [1.807, 2.05) is 0 Å². The summed E-state index contributed by atoms with van der Waals surface area (Å²) in [5, 5.41) is 3.93. The number of nitrogens with zero attached hydrogens (tertiary/aromatic N) is 2. The first-order valence-electron chi connectivity index (χ1n) is 12.6. The van der Waals surface area contributed by atoms with Crippen molar-refractivity contribution in [2.45, 2.75) is 19.4 Å². The Bertz CT molecular complexity index is 1440. The number of hydrazine groups is 1. The molecule has 0 aliphatic carbocycles. The summed E-state index contributed by atoms with van der Waals surface area (Å²) in [6.07, 6.45) is -0.325. The van der Waals surface area contributed by atoms with Crippen LogP contribution < -0.4 is 25.1 Å². The van der Waals surface area contributed by atoms with Crippen molar-refractivity contribution >= 4 is 52.4 Å². The Balaban J connectivity index is 1.55. The highest BCUT2D eigenvalue weighted by Gasteiger charge is 2.45. The highest BCUT2D eigenvalue weighted by Crippen LogP contribution is 2.28. The van der Waals surface area contributed by atoms with Crippen molar-refractivity contribution in [2.24, 2.45) is 0 Å². The molecule has 0 radical (unpaired) electrons. The van der Waals surface area contributed by atoms with Crippen LogP contribution in [0.5, 0.6) is 11.5 Å². The zero-order chi connectivity index (χ0) is 29.5. The SMILES string of the molecule is CCOC(=O)c1ccc(NC(=O)CC2C(=O)N(c3ccc(OC)cc3)C(=S)N2NC(=O)c2ccc(OC)cc2)cc1. The fraction of sp³-hybridized carbons (Fsp3) is 0.207. The smallest absolute Gasteiger partial charge is 0.338 e. The fourth-order valence-corrected chi connectivity index (χ4v) is 4.44. The third-order valence-corrected chi connectivity index (χ3v) is 6.56. The third-order valence-electron chi connectivity index (χ3n) is 6.18. The van der Waals surface area contributed by atoms with Gasteiger partial charge in [-0.3, -0.25) is 24.7 Å². The number of hydrogen-bond acceptors (Lipinski definition) is 8. The molecule has 1 aliphatic heterocycles. The van der Waals surface area contributed by atoms with Crippen LogP contribution in [-0.2, 0) is 14.3 Å². The van der Waals surface area contributed by atoms with Crippen molar-refractivity contribution in [1.82, 2.24) is 10.4 Å². The number of nitrogens with one attached hydrogen (secondary N) is 2. The Labute approximate surface area is 241 Å². The number of carbonyl (C=O) groups is 4. The minimum Gasteiger partial charge on any atom is -0.497 e. The second kappa shape index (κ2) is 12.9. The number of rotatable bonds is 10. The van der Waals surface area contributed by atoms with Crippen molar-refractivity contribution < 1.29 is 33.4 Å². The molecule has 4 rings (SSSR count). The number of esters is 1. The minimum absolute atomic E-state index is 0.00128. The Kier molecular flexibility index (Phi) is 9.15. The normalized spacial score (nSPS) is 14.5. The number of ether oxygens (including phenoxy) is 3. The summed E-state index contributed by atoms with van der Waals surface area (Å²) < 4.78 is 15.3. The molecule has 12 heteroatoms. The lowest BCUT2D eigenvalue weighted by atomic mass is 10.1. The van der Waals surface area contributed by atoms with Gasteiger partial charge >= 0.3 is 5.97 Å². The molecule has 1 heterocycles. The molecular formula is C29H28N4O7S. The number of hydrogen-bond donors (Lipinski definition) is 2. The second-order valence-corrected chi connectivity index (χ2v) is 9.12. The van der Waals surface area contributed by atoms with Gasteiger partial charge in [-0.05, 0) is 91.9 Å². The molecule has 41 heavy (non-hydrogen) atoms. The van der Waals surface area contributed by atoms with Crippen LogP contribution in [0.3, 0.4) is 0 Å². The van der Waals surface area contributed by atoms with Crippen molar-refractivity contribution in [1.29, 1.82) is 0 Å². The van der Waals surface area contributed by atoms with Crippen LogP contribution in [0.15, 0.2) is 72.8 Å². The van der Waals surface area contributed by atoms with Crippen LogP contribution >= 0.6 is 12.2 Å². The van der Waals surface area contributed by atoms with Gasteiger partial charge in [-0.15, -0.1) is 0 Å². The summed E-state index contributed by atoms with van der Waals surface area (Å²) >= 11 is 5.60. The van der Waals surface area contributed by atoms with Gasteiger partial charge in [0, 0.05) is 11.3 Å². The Morgan fingerprint density at radius 2 is 1.41 bits per heavy atom. The molecule has 1 fully saturated rings. The summed E-state index contributed by atoms with van der Waals surface area (Å²) in [5.74, 6) is -0.847. The quantitative estimate of drug-likeness (QED) is 0.275. The second-order valence-electron chi connectivity index (χ2n) is 8.76. The number of anilines is 2. The molecule has 212 valence electrons. The Morgan fingerprint density at radius 1 is 0.854 bits per heavy atom. The average molecular weight is 577 g/mol. The molecule has 0 bridgehead atoms. The van der Waals surface area contributed by atoms with Gasteiger partial charge in [-0.25, -0.2) is 9.80 Å². The Hall–Kier alpha value is -4.97. The molecule has 2 N–H and O–H groups in total. The first-order chi connectivity index (χ1) is 19.7. The zero-order valence-corrected chi connectivity index (χ0v) is 23.4. The molecule has 11 nitrogen and oxygen atoms in total. The first kappa shape index (κ1) is 29.0. The predicted octanol–water partition coefficient (Wildman–Crippen LogP) is 3.56. The van der Waals surface area contributed by atoms with E-state index in [0.29, 0.717) is 34.0 Å². The van der Waals surface area contributed by atoms with Gasteiger partial charge in [0.2, 0.25) is 11.0 Å². The highest BCUT2D eigenvalue weighted by atomic mass is 32.1. The topological polar surface area (TPSA) is 127 Å². The van der Waals surface area contributed by atoms with Crippen LogP contribution in [0, 0.1) is 0 Å². The number of benzene rings is 3. The maximum Gasteiger partial charge on any atom is 0.338 e. The van der Waals surface area contributed by atoms with Crippen LogP contribution in [0.1, 0.15) is 34.1 Å². The van der Waals surface area contributed by atoms with E-state index in [1.54, 1.807) is 67.6 Å². The molecule has 0 aromatic heterocycles. The van der Waals surface area contributed by atoms with E-state index >= 15 is 0 Å². The summed E-state index contributed by atoms with van der Waals surface area (Å²) in [5.41, 5.74) is 4.18. The molecule has 1 aliphatic rings. The van der Waals surface area contributed by atoms with E-state index in [2.05, 4.69) is 10.7 Å². The summed E-state index contributed by atoms with van der Waals surface area (Å²) in [6.45, 7) is 1.95. The number of carbonyl (C=O) groups excluding carboxylic acids is 4. The molecule has 0 saturated carbocycles. The largest absolute Gasteiger partial charge is 0.497 e. The summed E-state index contributed by atoms with van der Waals surface area (Å²) in [7, 11) is 3.04. The van der Waals surface area contributed by atoms with Gasteiger partial charge in [0.15, 0.2) is 0 Å². The van der Waals surface area contributed by atoms with Gasteiger partial charge < -0.3 is 19.5 Å². The maximum atomic E-state index is 13.6. The van der Waals surface area contributed by atoms with Gasteiger partial charge in [-0.2, -0.15) is 0 Å². The number of amides is 3. The molecule has 1 unspecified atom stereocenters. The maximum absolute atomic E-state index is 13.6.